The molecule has 0 aliphatic carbocycles. The summed E-state index contributed by atoms with van der Waals surface area (Å²) >= 11 is 2.56. The molecular weight excluding hydrogens is 415 g/mol. The third kappa shape index (κ3) is 5.72. The van der Waals surface area contributed by atoms with E-state index in [0.29, 0.717) is 28.2 Å². The van der Waals surface area contributed by atoms with E-state index in [0.717, 1.165) is 0 Å². The highest BCUT2D eigenvalue weighted by molar-refractivity contribution is 7.99. The predicted molar refractivity (Wildman–Crippen MR) is 109 cm³/mol. The van der Waals surface area contributed by atoms with Gasteiger partial charge in [0.25, 0.3) is 5.91 Å². The van der Waals surface area contributed by atoms with Gasteiger partial charge in [-0.1, -0.05) is 17.8 Å². The molecule has 3 aromatic rings. The third-order valence-corrected chi connectivity index (χ3v) is 5.28. The number of aromatic nitrogens is 4. The van der Waals surface area contributed by atoms with Crippen molar-refractivity contribution in [1.29, 1.82) is 0 Å². The number of nitrogens with one attached hydrogen (secondary N) is 2. The zero-order valence-electron chi connectivity index (χ0n) is 15.2. The molecule has 0 saturated carbocycles. The number of rotatable bonds is 9. The molecule has 3 rings (SSSR count). The molecule has 0 radical (unpaired) electrons. The lowest BCUT2D eigenvalue weighted by molar-refractivity contribution is -0.113. The lowest BCUT2D eigenvalue weighted by atomic mass is 10.2. The molecule has 2 amide bonds. The first-order valence-corrected chi connectivity index (χ1v) is 10.3. The first kappa shape index (κ1) is 20.7. The van der Waals surface area contributed by atoms with Gasteiger partial charge in [0, 0.05) is 23.7 Å². The molecule has 29 heavy (non-hydrogen) atoms. The maximum absolute atomic E-state index is 13.0. The Morgan fingerprint density at radius 3 is 2.76 bits per heavy atom. The second-order valence-electron chi connectivity index (χ2n) is 5.66. The van der Waals surface area contributed by atoms with Gasteiger partial charge < -0.3 is 15.2 Å². The summed E-state index contributed by atoms with van der Waals surface area (Å²) in [4.78, 5) is 28.2. The number of thioether (sulfide) groups is 1. The Balaban J connectivity index is 1.60. The van der Waals surface area contributed by atoms with Gasteiger partial charge in [0.2, 0.25) is 5.91 Å². The summed E-state index contributed by atoms with van der Waals surface area (Å²) in [6.45, 7) is 4.27. The molecule has 0 unspecified atom stereocenters. The zero-order chi connectivity index (χ0) is 20.6. The summed E-state index contributed by atoms with van der Waals surface area (Å²) < 4.78 is 14.7. The number of halogens is 1. The predicted octanol–water partition coefficient (Wildman–Crippen LogP) is 2.72. The van der Waals surface area contributed by atoms with Crippen molar-refractivity contribution in [3.8, 4) is 0 Å². The van der Waals surface area contributed by atoms with Gasteiger partial charge in [0.05, 0.1) is 12.3 Å². The number of amides is 2. The summed E-state index contributed by atoms with van der Waals surface area (Å²) in [7, 11) is 0. The summed E-state index contributed by atoms with van der Waals surface area (Å²) in [5.74, 6) is -0.313. The minimum absolute atomic E-state index is 0.128. The van der Waals surface area contributed by atoms with E-state index in [2.05, 4.69) is 32.4 Å². The first-order chi connectivity index (χ1) is 14.1. The van der Waals surface area contributed by atoms with E-state index >= 15 is 0 Å². The molecule has 2 aromatic heterocycles. The summed E-state index contributed by atoms with van der Waals surface area (Å²) in [6.07, 6.45) is 3.29. The Labute approximate surface area is 174 Å². The Morgan fingerprint density at radius 1 is 1.28 bits per heavy atom. The van der Waals surface area contributed by atoms with Crippen molar-refractivity contribution in [2.24, 2.45) is 0 Å². The van der Waals surface area contributed by atoms with Gasteiger partial charge >= 0.3 is 0 Å². The maximum Gasteiger partial charge on any atom is 0.251 e. The van der Waals surface area contributed by atoms with Gasteiger partial charge in [-0.3, -0.25) is 9.59 Å². The van der Waals surface area contributed by atoms with Crippen LogP contribution in [0, 0.1) is 5.82 Å². The van der Waals surface area contributed by atoms with Crippen LogP contribution in [0.2, 0.25) is 0 Å². The average molecular weight is 433 g/mol. The van der Waals surface area contributed by atoms with Crippen LogP contribution in [0.15, 0.2) is 53.7 Å². The van der Waals surface area contributed by atoms with Gasteiger partial charge in [-0.05, 0) is 24.3 Å². The molecule has 0 spiro atoms. The minimum atomic E-state index is -0.409. The van der Waals surface area contributed by atoms with Crippen LogP contribution >= 0.6 is 23.1 Å². The van der Waals surface area contributed by atoms with Crippen LogP contribution in [0.3, 0.4) is 0 Å². The molecule has 2 heterocycles. The second kappa shape index (κ2) is 9.94. The number of carbonyl (C=O) groups is 2. The van der Waals surface area contributed by atoms with E-state index in [-0.39, 0.29) is 24.1 Å². The molecule has 1 aromatic carbocycles. The molecule has 0 saturated heterocycles. The Morgan fingerprint density at radius 2 is 2.07 bits per heavy atom. The van der Waals surface area contributed by atoms with Crippen LogP contribution in [0.4, 0.5) is 9.52 Å². The van der Waals surface area contributed by atoms with Crippen LogP contribution in [-0.2, 0) is 17.9 Å². The van der Waals surface area contributed by atoms with Crippen molar-refractivity contribution >= 4 is 40.0 Å². The largest absolute Gasteiger partial charge is 0.345 e. The molecule has 11 heteroatoms. The van der Waals surface area contributed by atoms with Gasteiger partial charge in [-0.25, -0.2) is 9.37 Å². The van der Waals surface area contributed by atoms with E-state index < -0.39 is 5.82 Å². The fourth-order valence-electron chi connectivity index (χ4n) is 2.30. The molecule has 8 nitrogen and oxygen atoms in total. The van der Waals surface area contributed by atoms with E-state index in [9.17, 15) is 14.0 Å². The molecule has 0 aliphatic rings. The second-order valence-corrected chi connectivity index (χ2v) is 7.50. The highest BCUT2D eigenvalue weighted by Gasteiger charge is 2.15. The van der Waals surface area contributed by atoms with E-state index in [4.69, 9.17) is 0 Å². The van der Waals surface area contributed by atoms with Crippen LogP contribution in [0.25, 0.3) is 0 Å². The van der Waals surface area contributed by atoms with Crippen molar-refractivity contribution in [2.75, 3.05) is 11.1 Å². The highest BCUT2D eigenvalue weighted by Crippen LogP contribution is 2.18. The quantitative estimate of drug-likeness (QED) is 0.398. The number of benzene rings is 1. The molecule has 150 valence electrons. The highest BCUT2D eigenvalue weighted by atomic mass is 32.2. The molecule has 0 aliphatic heterocycles. The third-order valence-electron chi connectivity index (χ3n) is 3.63. The van der Waals surface area contributed by atoms with Crippen molar-refractivity contribution in [2.45, 2.75) is 18.2 Å². The molecule has 0 fully saturated rings. The van der Waals surface area contributed by atoms with Gasteiger partial charge in [-0.2, -0.15) is 0 Å². The smallest absolute Gasteiger partial charge is 0.251 e. The monoisotopic (exact) mass is 432 g/mol. The number of carbonyl (C=O) groups excluding carboxylic acids is 2. The molecular formula is C18H17FN6O2S2. The lowest BCUT2D eigenvalue weighted by Gasteiger charge is -2.09. The van der Waals surface area contributed by atoms with Gasteiger partial charge in [0.15, 0.2) is 16.1 Å². The van der Waals surface area contributed by atoms with Crippen LogP contribution < -0.4 is 10.6 Å². The van der Waals surface area contributed by atoms with E-state index in [1.165, 1.54) is 47.4 Å². The minimum Gasteiger partial charge on any atom is -0.345 e. The average Bonchev–Trinajstić information content (AvgIpc) is 3.35. The zero-order valence-corrected chi connectivity index (χ0v) is 16.8. The van der Waals surface area contributed by atoms with Crippen LogP contribution in [0.5, 0.6) is 0 Å². The fraction of sp³-hybridized carbons (Fsp3) is 0.167. The number of nitrogens with zero attached hydrogens (tertiary/aromatic N) is 4. The summed E-state index contributed by atoms with van der Waals surface area (Å²) in [5.41, 5.74) is 0.342. The van der Waals surface area contributed by atoms with Gasteiger partial charge in [-0.15, -0.1) is 28.1 Å². The number of thiazole rings is 1. The standard InChI is InChI=1S/C18H17FN6O2S2/c1-2-8-25-14(10-21-16(27)12-3-5-13(19)6-4-12)23-24-18(25)29-11-15(26)22-17-20-7-9-28-17/h2-7,9H,1,8,10-11H2,(H,21,27)(H,20,22,26). The number of anilines is 1. The van der Waals surface area contributed by atoms with Crippen LogP contribution in [-0.4, -0.2) is 37.3 Å². The van der Waals surface area contributed by atoms with Crippen molar-refractivity contribution in [1.82, 2.24) is 25.1 Å². The Hall–Kier alpha value is -3.05. The van der Waals surface area contributed by atoms with E-state index in [1.54, 1.807) is 22.2 Å². The fourth-order valence-corrected chi connectivity index (χ4v) is 3.61. The van der Waals surface area contributed by atoms with Crippen molar-refractivity contribution in [3.05, 3.63) is 65.7 Å². The van der Waals surface area contributed by atoms with Crippen molar-refractivity contribution in [3.63, 3.8) is 0 Å². The molecule has 2 N–H and O–H groups in total. The number of hydrogen-bond donors (Lipinski definition) is 2. The van der Waals surface area contributed by atoms with E-state index in [1.807, 2.05) is 0 Å². The normalized spacial score (nSPS) is 10.5. The lowest BCUT2D eigenvalue weighted by Crippen LogP contribution is -2.25. The molecule has 0 bridgehead atoms. The summed E-state index contributed by atoms with van der Waals surface area (Å²) in [5, 5.41) is 16.5. The Bertz CT molecular complexity index is 988. The SMILES string of the molecule is C=CCn1c(CNC(=O)c2ccc(F)cc2)nnc1SCC(=O)Nc1nccs1. The Kier molecular flexibility index (Phi) is 7.09. The number of allylic oxidation sites excluding steroid dienone is 1. The summed E-state index contributed by atoms with van der Waals surface area (Å²) in [6, 6.07) is 5.25. The molecule has 0 atom stereocenters. The van der Waals surface area contributed by atoms with Crippen LogP contribution in [0.1, 0.15) is 16.2 Å². The van der Waals surface area contributed by atoms with Crippen molar-refractivity contribution < 1.29 is 14.0 Å². The topological polar surface area (TPSA) is 102 Å². The first-order valence-electron chi connectivity index (χ1n) is 8.45. The number of hydrogen-bond acceptors (Lipinski definition) is 7. The van der Waals surface area contributed by atoms with Gasteiger partial charge in [0.1, 0.15) is 5.82 Å². The maximum atomic E-state index is 13.0.